The maximum absolute atomic E-state index is 14.0. The molecule has 0 radical (unpaired) electrons. The number of aliphatic hydroxyl groups excluding tert-OH is 1. The number of imidazole rings is 3. The van der Waals surface area contributed by atoms with Gasteiger partial charge >= 0.3 is 36.8 Å². The van der Waals surface area contributed by atoms with Crippen LogP contribution in [-0.4, -0.2) is 187 Å². The SMILES string of the molecule is COCCn1c(CN2CCC(c3cccc(Cl)n3)CC2)nc2ccc(C(=O)OC)cc21.[C-]#[N+]c1cc(F)c(CO)s1.[C-]#[N+]c1cc(F)c(COc2cccc(C3CCN(Cc4nc5ccc(C(=O)O)cc5n4CCOC)CC3)n2)s1.[C-]#[N+]c1cc(F)c(COc2cccc(C3CCN(Cc4nc5ccc(C(=O)OC)cc5n4CCOC)CC3)n2)s1.[Li+].[OH-]. The van der Waals surface area contributed by atoms with Crippen LogP contribution in [0.4, 0.5) is 28.2 Å². The summed E-state index contributed by atoms with van der Waals surface area (Å²) in [6, 6.07) is 36.8. The van der Waals surface area contributed by atoms with Crippen molar-refractivity contribution in [1.82, 2.24) is 58.3 Å². The summed E-state index contributed by atoms with van der Waals surface area (Å²) in [4.78, 5) is 81.7. The average molecular weight is 1740 g/mol. The number of aromatic nitrogens is 9. The molecule has 0 atom stereocenters. The van der Waals surface area contributed by atoms with Crippen molar-refractivity contribution in [2.24, 2.45) is 0 Å². The third-order valence-corrected chi connectivity index (χ3v) is 24.0. The summed E-state index contributed by atoms with van der Waals surface area (Å²) in [5, 5.41) is 19.4. The number of benzene rings is 3. The molecule has 0 amide bonds. The van der Waals surface area contributed by atoms with Crippen molar-refractivity contribution in [1.29, 1.82) is 0 Å². The summed E-state index contributed by atoms with van der Waals surface area (Å²) in [6.07, 6.45) is 5.80. The van der Waals surface area contributed by atoms with Crippen LogP contribution in [0.2, 0.25) is 5.15 Å². The molecule has 3 aliphatic heterocycles. The molecule has 0 aliphatic carbocycles. The molecule has 634 valence electrons. The van der Waals surface area contributed by atoms with Crippen molar-refractivity contribution < 1.29 is 95.3 Å². The monoisotopic (exact) mass is 1740 g/mol. The van der Waals surface area contributed by atoms with E-state index in [9.17, 15) is 32.7 Å². The van der Waals surface area contributed by atoms with Crippen LogP contribution in [0.3, 0.4) is 0 Å². The molecule has 12 aromatic rings. The summed E-state index contributed by atoms with van der Waals surface area (Å²) in [7, 11) is 7.77. The first-order chi connectivity index (χ1) is 58.3. The van der Waals surface area contributed by atoms with E-state index in [1.807, 2.05) is 60.7 Å². The molecule has 0 unspecified atom stereocenters. The van der Waals surface area contributed by atoms with Gasteiger partial charge in [-0.15, -0.1) is 0 Å². The third kappa shape index (κ3) is 24.2. The zero-order valence-electron chi connectivity index (χ0n) is 68.2. The number of likely N-dealkylation sites (tertiary alicyclic amines) is 3. The summed E-state index contributed by atoms with van der Waals surface area (Å²) < 4.78 is 84.0. The molecule has 3 aliphatic rings. The molecule has 15 rings (SSSR count). The Kier molecular flexibility index (Phi) is 35.0. The van der Waals surface area contributed by atoms with Gasteiger partial charge in [0.15, 0.2) is 0 Å². The van der Waals surface area contributed by atoms with Crippen molar-refractivity contribution in [2.45, 2.75) is 115 Å². The molecule has 3 N–H and O–H groups in total. The van der Waals surface area contributed by atoms with E-state index in [2.05, 4.69) is 59.0 Å². The largest absolute Gasteiger partial charge is 1.00 e. The quantitative estimate of drug-likeness (QED) is 0.0199. The normalized spacial score (nSPS) is 14.0. The van der Waals surface area contributed by atoms with Gasteiger partial charge in [0, 0.05) is 87.9 Å². The maximum Gasteiger partial charge on any atom is 1.00 e. The van der Waals surface area contributed by atoms with Gasteiger partial charge in [0.05, 0.1) is 144 Å². The number of carbonyl (C=O) groups excluding carboxylic acids is 2. The Hall–Kier alpha value is -10.5. The Morgan fingerprint density at radius 3 is 1.11 bits per heavy atom. The number of fused-ring (bicyclic) bond motifs is 3. The number of esters is 2. The predicted octanol–water partition coefficient (Wildman–Crippen LogP) is 13.7. The number of piperidine rings is 3. The van der Waals surface area contributed by atoms with Gasteiger partial charge in [-0.05, 0) is 175 Å². The Bertz CT molecular complexity index is 5680. The summed E-state index contributed by atoms with van der Waals surface area (Å²) in [5.74, 6) is 1.70. The van der Waals surface area contributed by atoms with Gasteiger partial charge < -0.3 is 62.5 Å². The number of aliphatic hydroxyl groups is 1. The standard InChI is InChI=1S/C29H30FN5O4S.C28H28FN5O4S.C23H27ClN4O3.C6H4FNOS.Li.H2O/c1-31-28-16-21(30)25(40-28)18-39-27-6-4-5-22(33-27)19-9-11-34(12-10-19)17-26-32-23-8-7-20(29(36)38-3)15-24(23)35(26)13-14-37-2;1-30-27-15-20(29)24(39-27)17-38-26-5-3-4-21(32-26)18-8-10-33(11-9-18)16-25-31-22-7-6-19(28(35)36)14-23(22)34(25)12-13-37-2;1-30-13-12-28-20-14-17(23(29)31-2)6-7-19(20)26-22(28)15-27-10-8-16(9-11-27)18-4-3-5-21(24)25-18;1-8-6-2-4(7)5(3-9)10-6;;/h4-8,15-16,19H,9-14,17-18H2,2-3H3;3-7,14-15,18H,8-13,16-17H2,2H3,(H,35,36);3-7,14,16H,8-13,15H2,1-2H3;2,9H,3H2;;1H2/q;;;;+1;/p-1. The zero-order chi connectivity index (χ0) is 84.8. The van der Waals surface area contributed by atoms with Crippen molar-refractivity contribution in [3.05, 3.63) is 250 Å². The number of hydrogen-bond acceptors (Lipinski definition) is 24. The second-order valence-corrected chi connectivity index (χ2v) is 32.1. The Labute approximate surface area is 732 Å². The van der Waals surface area contributed by atoms with Gasteiger partial charge in [-0.3, -0.25) is 14.7 Å². The number of ether oxygens (including phenoxy) is 7. The number of rotatable bonds is 28. The molecule has 12 heterocycles. The minimum absolute atomic E-state index is 0. The van der Waals surface area contributed by atoms with Crippen LogP contribution in [0, 0.1) is 37.2 Å². The Balaban J connectivity index is 0.000000181. The summed E-state index contributed by atoms with van der Waals surface area (Å²) >= 11 is 9.24. The second kappa shape index (κ2) is 45.5. The molecule has 122 heavy (non-hydrogen) atoms. The number of carboxylic acids is 1. The van der Waals surface area contributed by atoms with E-state index in [4.69, 9.17) is 89.5 Å². The smallest absolute Gasteiger partial charge is 0.870 e. The number of hydrogen-bond donors (Lipinski definition) is 2. The van der Waals surface area contributed by atoms with Crippen molar-refractivity contribution in [3.63, 3.8) is 0 Å². The number of aromatic carboxylic acids is 1. The van der Waals surface area contributed by atoms with E-state index < -0.39 is 23.4 Å². The summed E-state index contributed by atoms with van der Waals surface area (Å²) in [5.41, 5.74) is 9.34. The molecule has 3 fully saturated rings. The fourth-order valence-electron chi connectivity index (χ4n) is 14.6. The molecule has 0 bridgehead atoms. The Morgan fingerprint density at radius 2 is 0.795 bits per heavy atom. The van der Waals surface area contributed by atoms with Crippen LogP contribution in [-0.2, 0) is 82.8 Å². The van der Waals surface area contributed by atoms with Gasteiger partial charge in [-0.2, -0.15) is 34.0 Å². The van der Waals surface area contributed by atoms with Crippen LogP contribution in [0.15, 0.2) is 127 Å². The van der Waals surface area contributed by atoms with Gasteiger partial charge in [-0.25, -0.2) is 72.0 Å². The minimum atomic E-state index is -0.962. The third-order valence-electron chi connectivity index (χ3n) is 20.9. The Morgan fingerprint density at radius 1 is 0.467 bits per heavy atom. The van der Waals surface area contributed by atoms with E-state index in [-0.39, 0.29) is 77.5 Å². The zero-order valence-corrected chi connectivity index (χ0v) is 71.4. The van der Waals surface area contributed by atoms with Crippen LogP contribution < -0.4 is 28.3 Å². The molecule has 3 saturated heterocycles. The molecular formula is C86H90ClF3LiN15O13S3. The molecule has 9 aromatic heterocycles. The van der Waals surface area contributed by atoms with Crippen molar-refractivity contribution >= 4 is 112 Å². The molecule has 36 heteroatoms. The van der Waals surface area contributed by atoms with E-state index in [1.165, 1.54) is 26.4 Å². The predicted molar refractivity (Wildman–Crippen MR) is 452 cm³/mol. The fraction of sp³-hybridized carbons (Fsp3) is 0.372. The number of halogens is 4. The van der Waals surface area contributed by atoms with Gasteiger partial charge in [0.2, 0.25) is 26.8 Å². The van der Waals surface area contributed by atoms with Crippen LogP contribution in [0.1, 0.15) is 137 Å². The molecule has 0 spiro atoms. The number of pyridine rings is 3. The van der Waals surface area contributed by atoms with E-state index in [0.29, 0.717) is 112 Å². The van der Waals surface area contributed by atoms with E-state index >= 15 is 0 Å². The number of carbonyl (C=O) groups is 3. The molecule has 0 saturated carbocycles. The van der Waals surface area contributed by atoms with Gasteiger partial charge in [0.25, 0.3) is 0 Å². The first-order valence-corrected chi connectivity index (χ1v) is 41.5. The second-order valence-electron chi connectivity index (χ2n) is 28.4. The topological polar surface area (TPSA) is 301 Å². The first-order valence-electron chi connectivity index (χ1n) is 38.7. The van der Waals surface area contributed by atoms with E-state index in [0.717, 1.165) is 192 Å². The summed E-state index contributed by atoms with van der Waals surface area (Å²) in [6.45, 7) is 31.4. The maximum atomic E-state index is 14.0. The van der Waals surface area contributed by atoms with Crippen LogP contribution >= 0.6 is 45.6 Å². The van der Waals surface area contributed by atoms with Gasteiger partial charge in [-0.1, -0.05) is 29.8 Å². The van der Waals surface area contributed by atoms with Crippen LogP contribution in [0.25, 0.3) is 47.6 Å². The van der Waals surface area contributed by atoms with Crippen molar-refractivity contribution in [3.8, 4) is 11.8 Å². The average Bonchev–Trinajstić information content (AvgIpc) is 1.64. The molecular weight excluding hydrogens is 1650 g/mol. The van der Waals surface area contributed by atoms with Crippen LogP contribution in [0.5, 0.6) is 11.8 Å². The minimum Gasteiger partial charge on any atom is -0.870 e. The number of nitrogens with zero attached hydrogens (tertiary/aromatic N) is 15. The van der Waals surface area contributed by atoms with Gasteiger partial charge in [0.1, 0.15) is 53.3 Å². The number of methoxy groups -OCH3 is 5. The molecule has 3 aromatic carbocycles. The number of carboxylic acid groups (broad SMARTS) is 1. The fourth-order valence-corrected chi connectivity index (χ4v) is 16.9. The molecule has 28 nitrogen and oxygen atoms in total. The van der Waals surface area contributed by atoms with E-state index in [1.54, 1.807) is 63.8 Å². The van der Waals surface area contributed by atoms with Crippen molar-refractivity contribution in [2.75, 3.05) is 94.6 Å². The first kappa shape index (κ1) is 93.7. The number of thiophene rings is 3.